The molecule has 7 nitrogen and oxygen atoms in total. The van der Waals surface area contributed by atoms with Crippen molar-refractivity contribution in [2.45, 2.75) is 38.5 Å². The summed E-state index contributed by atoms with van der Waals surface area (Å²) in [5.41, 5.74) is 0. The van der Waals surface area contributed by atoms with Crippen molar-refractivity contribution >= 4 is 11.9 Å². The van der Waals surface area contributed by atoms with Gasteiger partial charge in [0, 0.05) is 26.1 Å². The highest BCUT2D eigenvalue weighted by Crippen LogP contribution is 2.30. The summed E-state index contributed by atoms with van der Waals surface area (Å²) >= 11 is 0. The van der Waals surface area contributed by atoms with E-state index < -0.39 is 0 Å². The first-order valence-corrected chi connectivity index (χ1v) is 7.66. The van der Waals surface area contributed by atoms with Crippen LogP contribution in [0.3, 0.4) is 0 Å². The summed E-state index contributed by atoms with van der Waals surface area (Å²) in [6.07, 6.45) is 1.88. The second-order valence-corrected chi connectivity index (χ2v) is 6.12. The third kappa shape index (κ3) is 2.44. The van der Waals surface area contributed by atoms with Gasteiger partial charge in [0.2, 0.25) is 11.9 Å². The minimum atomic E-state index is 0.298. The lowest BCUT2D eigenvalue weighted by atomic mass is 9.99. The Morgan fingerprint density at radius 3 is 2.52 bits per heavy atom. The standard InChI is InChI=1S/C14H21N5O2/c1-9-8-20-4-3-19(9)14-16-10(2)15-13(17-14)18-6-11-5-12(7-18)21-11/h9,11-12H,3-8H2,1-2H3/t9-,11?,12?/m1/s1. The van der Waals surface area contributed by atoms with E-state index in [4.69, 9.17) is 14.5 Å². The average molecular weight is 291 g/mol. The predicted octanol–water partition coefficient (Wildman–Crippen LogP) is 0.383. The lowest BCUT2D eigenvalue weighted by Gasteiger charge is -2.47. The molecular weight excluding hydrogens is 270 g/mol. The van der Waals surface area contributed by atoms with Crippen LogP contribution in [0, 0.1) is 6.92 Å². The quantitative estimate of drug-likeness (QED) is 0.780. The van der Waals surface area contributed by atoms with Gasteiger partial charge < -0.3 is 19.3 Å². The molecule has 0 aliphatic carbocycles. The fourth-order valence-corrected chi connectivity index (χ4v) is 3.27. The van der Waals surface area contributed by atoms with Crippen LogP contribution in [-0.2, 0) is 9.47 Å². The van der Waals surface area contributed by atoms with Crippen molar-refractivity contribution in [3.8, 4) is 0 Å². The van der Waals surface area contributed by atoms with Gasteiger partial charge in [-0.2, -0.15) is 15.0 Å². The maximum absolute atomic E-state index is 5.68. The van der Waals surface area contributed by atoms with Crippen LogP contribution in [0.1, 0.15) is 19.2 Å². The van der Waals surface area contributed by atoms with Gasteiger partial charge in [-0.05, 0) is 13.8 Å². The van der Waals surface area contributed by atoms with Crippen molar-refractivity contribution < 1.29 is 9.47 Å². The van der Waals surface area contributed by atoms with Gasteiger partial charge in [0.05, 0.1) is 31.5 Å². The van der Waals surface area contributed by atoms with E-state index in [1.807, 2.05) is 6.92 Å². The highest BCUT2D eigenvalue weighted by Gasteiger charge is 2.39. The first kappa shape index (κ1) is 13.2. The van der Waals surface area contributed by atoms with E-state index >= 15 is 0 Å². The van der Waals surface area contributed by atoms with E-state index in [2.05, 4.69) is 26.7 Å². The molecule has 5 rings (SSSR count). The Labute approximate surface area is 124 Å². The SMILES string of the molecule is Cc1nc(N2CC3CC(C2)O3)nc(N2CCOC[C@H]2C)n1. The topological polar surface area (TPSA) is 63.6 Å². The second-order valence-electron chi connectivity index (χ2n) is 6.12. The zero-order chi connectivity index (χ0) is 14.4. The van der Waals surface area contributed by atoms with Crippen LogP contribution in [0.5, 0.6) is 0 Å². The molecule has 5 heterocycles. The molecule has 2 bridgehead atoms. The summed E-state index contributed by atoms with van der Waals surface area (Å²) in [6, 6.07) is 0.298. The Balaban J connectivity index is 1.60. The van der Waals surface area contributed by atoms with E-state index in [1.165, 1.54) is 6.42 Å². The third-order valence-electron chi connectivity index (χ3n) is 4.39. The fourth-order valence-electron chi connectivity index (χ4n) is 3.27. The monoisotopic (exact) mass is 291 g/mol. The van der Waals surface area contributed by atoms with Gasteiger partial charge >= 0.3 is 0 Å². The molecule has 21 heavy (non-hydrogen) atoms. The number of piperidine rings is 1. The number of aromatic nitrogens is 3. The molecule has 4 aliphatic heterocycles. The van der Waals surface area contributed by atoms with E-state index in [1.54, 1.807) is 0 Å². The molecule has 4 aliphatic rings. The Kier molecular flexibility index (Phi) is 3.19. The molecule has 2 unspecified atom stereocenters. The number of hydrogen-bond acceptors (Lipinski definition) is 7. The van der Waals surface area contributed by atoms with Crippen LogP contribution in [0.15, 0.2) is 0 Å². The fraction of sp³-hybridized carbons (Fsp3) is 0.786. The van der Waals surface area contributed by atoms with Gasteiger partial charge in [-0.3, -0.25) is 0 Å². The van der Waals surface area contributed by atoms with Gasteiger partial charge in [0.1, 0.15) is 5.82 Å². The molecule has 0 amide bonds. The van der Waals surface area contributed by atoms with Crippen LogP contribution < -0.4 is 9.80 Å². The minimum Gasteiger partial charge on any atom is -0.377 e. The van der Waals surface area contributed by atoms with Gasteiger partial charge in [-0.25, -0.2) is 0 Å². The van der Waals surface area contributed by atoms with Gasteiger partial charge in [-0.1, -0.05) is 0 Å². The van der Waals surface area contributed by atoms with Crippen LogP contribution in [0.25, 0.3) is 0 Å². The summed E-state index contributed by atoms with van der Waals surface area (Å²) in [4.78, 5) is 18.2. The first-order valence-electron chi connectivity index (χ1n) is 7.66. The van der Waals surface area contributed by atoms with E-state index in [0.717, 1.165) is 50.6 Å². The zero-order valence-corrected chi connectivity index (χ0v) is 12.5. The molecule has 4 saturated heterocycles. The molecule has 3 atom stereocenters. The second kappa shape index (κ2) is 5.06. The number of nitrogens with zero attached hydrogens (tertiary/aromatic N) is 5. The van der Waals surface area contributed by atoms with Crippen LogP contribution >= 0.6 is 0 Å². The summed E-state index contributed by atoms with van der Waals surface area (Å²) in [5.74, 6) is 2.33. The van der Waals surface area contributed by atoms with Crippen LogP contribution in [0.4, 0.5) is 11.9 Å². The van der Waals surface area contributed by atoms with Crippen molar-refractivity contribution in [1.82, 2.24) is 15.0 Å². The maximum Gasteiger partial charge on any atom is 0.230 e. The van der Waals surface area contributed by atoms with Crippen molar-refractivity contribution in [3.63, 3.8) is 0 Å². The molecular formula is C14H21N5O2. The van der Waals surface area contributed by atoms with E-state index in [9.17, 15) is 0 Å². The Hall–Kier alpha value is -1.47. The summed E-state index contributed by atoms with van der Waals surface area (Å²) in [6.45, 7) is 8.13. The summed E-state index contributed by atoms with van der Waals surface area (Å²) in [7, 11) is 0. The maximum atomic E-state index is 5.68. The molecule has 0 radical (unpaired) electrons. The lowest BCUT2D eigenvalue weighted by Crippen LogP contribution is -2.57. The van der Waals surface area contributed by atoms with Gasteiger partial charge in [0.15, 0.2) is 0 Å². The van der Waals surface area contributed by atoms with Crippen molar-refractivity contribution in [3.05, 3.63) is 5.82 Å². The predicted molar refractivity (Wildman–Crippen MR) is 77.7 cm³/mol. The normalized spacial score (nSPS) is 32.0. The van der Waals surface area contributed by atoms with E-state index in [0.29, 0.717) is 18.2 Å². The van der Waals surface area contributed by atoms with Crippen molar-refractivity contribution in [2.24, 2.45) is 0 Å². The first-order chi connectivity index (χ1) is 10.2. The Morgan fingerprint density at radius 2 is 1.81 bits per heavy atom. The molecule has 0 N–H and O–H groups in total. The molecule has 114 valence electrons. The summed E-state index contributed by atoms with van der Waals surface area (Å²) < 4.78 is 11.2. The number of aryl methyl sites for hydroxylation is 1. The summed E-state index contributed by atoms with van der Waals surface area (Å²) in [5, 5.41) is 0. The largest absolute Gasteiger partial charge is 0.377 e. The average Bonchev–Trinajstić information content (AvgIpc) is 2.46. The number of rotatable bonds is 2. The molecule has 1 aromatic heterocycles. The molecule has 4 fully saturated rings. The molecule has 0 aromatic carbocycles. The third-order valence-corrected chi connectivity index (χ3v) is 4.39. The Bertz CT molecular complexity index is 524. The zero-order valence-electron chi connectivity index (χ0n) is 12.5. The van der Waals surface area contributed by atoms with Crippen molar-refractivity contribution in [1.29, 1.82) is 0 Å². The van der Waals surface area contributed by atoms with E-state index in [-0.39, 0.29) is 0 Å². The minimum absolute atomic E-state index is 0.298. The molecule has 0 spiro atoms. The number of hydrogen-bond donors (Lipinski definition) is 0. The number of morpholine rings is 2. The van der Waals surface area contributed by atoms with Crippen LogP contribution in [-0.4, -0.2) is 66.0 Å². The molecule has 7 heteroatoms. The highest BCUT2D eigenvalue weighted by molar-refractivity contribution is 5.41. The van der Waals surface area contributed by atoms with Gasteiger partial charge in [-0.15, -0.1) is 0 Å². The number of anilines is 2. The van der Waals surface area contributed by atoms with Crippen molar-refractivity contribution in [2.75, 3.05) is 42.6 Å². The molecule has 1 aromatic rings. The highest BCUT2D eigenvalue weighted by atomic mass is 16.5. The smallest absolute Gasteiger partial charge is 0.230 e. The Morgan fingerprint density at radius 1 is 1.10 bits per heavy atom. The number of ether oxygens (including phenoxy) is 2. The lowest BCUT2D eigenvalue weighted by molar-refractivity contribution is -0.133. The molecule has 0 saturated carbocycles. The number of fused-ring (bicyclic) bond motifs is 2. The van der Waals surface area contributed by atoms with Crippen LogP contribution in [0.2, 0.25) is 0 Å². The van der Waals surface area contributed by atoms with Gasteiger partial charge in [0.25, 0.3) is 0 Å².